The highest BCUT2D eigenvalue weighted by Crippen LogP contribution is 2.63. The molecule has 2 aliphatic heterocycles. The molecular weight excluding hydrogens is 551 g/mol. The molecule has 0 bridgehead atoms. The predicted molar refractivity (Wildman–Crippen MR) is 167 cm³/mol. The van der Waals surface area contributed by atoms with Gasteiger partial charge in [0.2, 0.25) is 0 Å². The van der Waals surface area contributed by atoms with Crippen molar-refractivity contribution in [2.45, 2.75) is 12.8 Å². The number of rotatable bonds is 7. The molecule has 6 nitrogen and oxygen atoms in total. The standard InChI is InChI=1S/C33H35N2O4PS/c36-33(27-12-6-2-7-13-27)39-32(26-10-4-1-5-11-26)29-16-17-30(31(29)34-18-22-37-23-19-34)40(41,28-14-8-3-9-15-28)35-20-24-38-25-21-35/h1-15H,16-25H2/b32-29+. The van der Waals surface area contributed by atoms with Crippen LogP contribution in [0.4, 0.5) is 0 Å². The Morgan fingerprint density at radius 3 is 1.85 bits per heavy atom. The number of ether oxygens (including phenoxy) is 3. The molecule has 0 radical (unpaired) electrons. The van der Waals surface area contributed by atoms with Crippen LogP contribution in [0.2, 0.25) is 0 Å². The number of esters is 1. The Hall–Kier alpha value is -3.06. The summed E-state index contributed by atoms with van der Waals surface area (Å²) in [7, 11) is 0. The Labute approximate surface area is 247 Å². The summed E-state index contributed by atoms with van der Waals surface area (Å²) in [4.78, 5) is 15.9. The lowest BCUT2D eigenvalue weighted by atomic mass is 10.0. The molecule has 0 amide bonds. The second-order valence-electron chi connectivity index (χ2n) is 10.3. The summed E-state index contributed by atoms with van der Waals surface area (Å²) in [6.07, 6.45) is -0.791. The first-order chi connectivity index (χ1) is 20.2. The molecule has 2 heterocycles. The van der Waals surface area contributed by atoms with Gasteiger partial charge in [-0.3, -0.25) is 4.67 Å². The van der Waals surface area contributed by atoms with Crippen molar-refractivity contribution >= 4 is 35.0 Å². The van der Waals surface area contributed by atoms with Crippen LogP contribution >= 0.6 is 6.19 Å². The molecule has 3 aromatic rings. The van der Waals surface area contributed by atoms with Crippen molar-refractivity contribution in [2.75, 3.05) is 52.6 Å². The van der Waals surface area contributed by atoms with Crippen LogP contribution in [-0.4, -0.2) is 68.1 Å². The van der Waals surface area contributed by atoms with Gasteiger partial charge >= 0.3 is 5.97 Å². The Kier molecular flexibility index (Phi) is 8.80. The molecule has 212 valence electrons. The summed E-state index contributed by atoms with van der Waals surface area (Å²) in [5, 5.41) is 2.49. The minimum Gasteiger partial charge on any atom is -0.422 e. The number of allylic oxidation sites excluding steroid dienone is 2. The van der Waals surface area contributed by atoms with Crippen LogP contribution in [0.1, 0.15) is 28.8 Å². The molecule has 0 aromatic heterocycles. The van der Waals surface area contributed by atoms with E-state index in [1.807, 2.05) is 48.5 Å². The zero-order valence-electron chi connectivity index (χ0n) is 23.1. The summed E-state index contributed by atoms with van der Waals surface area (Å²) in [5.74, 6) is 0.259. The van der Waals surface area contributed by atoms with Gasteiger partial charge in [0.05, 0.1) is 38.2 Å². The molecule has 8 heteroatoms. The molecule has 1 atom stereocenters. The molecule has 3 aliphatic rings. The molecule has 2 fully saturated rings. The van der Waals surface area contributed by atoms with E-state index < -0.39 is 6.19 Å². The fourth-order valence-electron chi connectivity index (χ4n) is 5.90. The lowest BCUT2D eigenvalue weighted by Gasteiger charge is -2.41. The van der Waals surface area contributed by atoms with E-state index >= 15 is 0 Å². The zero-order valence-corrected chi connectivity index (χ0v) is 24.8. The van der Waals surface area contributed by atoms with E-state index in [4.69, 9.17) is 26.0 Å². The van der Waals surface area contributed by atoms with Crippen LogP contribution in [0.15, 0.2) is 108 Å². The zero-order chi connectivity index (χ0) is 28.1. The summed E-state index contributed by atoms with van der Waals surface area (Å²) >= 11 is 6.85. The van der Waals surface area contributed by atoms with E-state index in [1.165, 1.54) is 10.6 Å². The fraction of sp³-hybridized carbons (Fsp3) is 0.303. The van der Waals surface area contributed by atoms with Crippen molar-refractivity contribution in [3.05, 3.63) is 119 Å². The van der Waals surface area contributed by atoms with E-state index in [0.29, 0.717) is 37.8 Å². The fourth-order valence-corrected chi connectivity index (χ4v) is 10.5. The minimum absolute atomic E-state index is 0.359. The summed E-state index contributed by atoms with van der Waals surface area (Å²) in [6.45, 7) is 5.81. The second kappa shape index (κ2) is 12.8. The van der Waals surface area contributed by atoms with Gasteiger partial charge in [0.25, 0.3) is 0 Å². The van der Waals surface area contributed by atoms with Crippen LogP contribution in [0, 0.1) is 0 Å². The number of nitrogens with zero attached hydrogens (tertiary/aromatic N) is 2. The summed E-state index contributed by atoms with van der Waals surface area (Å²) in [5.41, 5.74) is 3.61. The average molecular weight is 587 g/mol. The molecule has 1 unspecified atom stereocenters. The van der Waals surface area contributed by atoms with Gasteiger partial charge in [-0.15, -0.1) is 0 Å². The van der Waals surface area contributed by atoms with E-state index in [2.05, 4.69) is 39.9 Å². The molecule has 0 spiro atoms. The van der Waals surface area contributed by atoms with Gasteiger partial charge in [0.1, 0.15) is 5.76 Å². The number of carbonyl (C=O) groups is 1. The third-order valence-electron chi connectivity index (χ3n) is 7.87. The second-order valence-corrected chi connectivity index (χ2v) is 14.7. The van der Waals surface area contributed by atoms with Gasteiger partial charge in [-0.25, -0.2) is 4.79 Å². The summed E-state index contributed by atoms with van der Waals surface area (Å²) < 4.78 is 20.4. The molecule has 0 N–H and O–H groups in total. The SMILES string of the molecule is O=C(O/C(=C1\CCC(P(=S)(c2ccccc2)N2CCOCC2)=C1N1CCOCC1)c1ccccc1)c1ccccc1. The number of hydrogen-bond donors (Lipinski definition) is 0. The molecule has 6 rings (SSSR count). The Balaban J connectivity index is 1.56. The Morgan fingerprint density at radius 2 is 1.24 bits per heavy atom. The molecule has 41 heavy (non-hydrogen) atoms. The van der Waals surface area contributed by atoms with Crippen molar-refractivity contribution in [1.82, 2.24) is 9.57 Å². The molecular formula is C33H35N2O4PS. The van der Waals surface area contributed by atoms with Crippen LogP contribution in [0.25, 0.3) is 5.76 Å². The first-order valence-electron chi connectivity index (χ1n) is 14.3. The Morgan fingerprint density at radius 1 is 0.707 bits per heavy atom. The van der Waals surface area contributed by atoms with Crippen LogP contribution in [0.5, 0.6) is 0 Å². The average Bonchev–Trinajstić information content (AvgIpc) is 3.50. The third kappa shape index (κ3) is 5.83. The monoisotopic (exact) mass is 586 g/mol. The van der Waals surface area contributed by atoms with Crippen molar-refractivity contribution in [3.8, 4) is 0 Å². The normalized spacial score (nSPS) is 20.9. The quantitative estimate of drug-likeness (QED) is 0.202. The molecule has 1 aliphatic carbocycles. The number of carbonyl (C=O) groups excluding carboxylic acids is 1. The Bertz CT molecular complexity index is 1460. The topological polar surface area (TPSA) is 51.2 Å². The van der Waals surface area contributed by atoms with Gasteiger partial charge in [-0.05, 0) is 25.0 Å². The van der Waals surface area contributed by atoms with Crippen molar-refractivity contribution in [3.63, 3.8) is 0 Å². The highest BCUT2D eigenvalue weighted by molar-refractivity contribution is 8.19. The van der Waals surface area contributed by atoms with Crippen LogP contribution in [0.3, 0.4) is 0 Å². The molecule has 0 saturated carbocycles. The van der Waals surface area contributed by atoms with E-state index in [0.717, 1.165) is 55.9 Å². The predicted octanol–water partition coefficient (Wildman–Crippen LogP) is 5.64. The molecule has 3 aromatic carbocycles. The first-order valence-corrected chi connectivity index (χ1v) is 17.0. The smallest absolute Gasteiger partial charge is 0.343 e. The highest BCUT2D eigenvalue weighted by atomic mass is 32.4. The lowest BCUT2D eigenvalue weighted by molar-refractivity contribution is 0.0543. The van der Waals surface area contributed by atoms with Crippen LogP contribution < -0.4 is 5.30 Å². The van der Waals surface area contributed by atoms with Gasteiger partial charge in [0.15, 0.2) is 0 Å². The molecule has 2 saturated heterocycles. The van der Waals surface area contributed by atoms with Crippen molar-refractivity contribution < 1.29 is 19.0 Å². The first kappa shape index (κ1) is 28.1. The van der Waals surface area contributed by atoms with E-state index in [9.17, 15) is 4.79 Å². The van der Waals surface area contributed by atoms with Gasteiger partial charge < -0.3 is 19.1 Å². The van der Waals surface area contributed by atoms with E-state index in [1.54, 1.807) is 12.1 Å². The van der Waals surface area contributed by atoms with Crippen molar-refractivity contribution in [1.29, 1.82) is 0 Å². The van der Waals surface area contributed by atoms with Gasteiger partial charge in [-0.2, -0.15) is 0 Å². The van der Waals surface area contributed by atoms with Crippen LogP contribution in [-0.2, 0) is 26.0 Å². The van der Waals surface area contributed by atoms with Gasteiger partial charge in [-0.1, -0.05) is 90.7 Å². The summed E-state index contributed by atoms with van der Waals surface area (Å²) in [6, 6.07) is 29.8. The maximum Gasteiger partial charge on any atom is 0.343 e. The minimum atomic E-state index is -2.37. The van der Waals surface area contributed by atoms with E-state index in [-0.39, 0.29) is 5.97 Å². The maximum absolute atomic E-state index is 13.5. The van der Waals surface area contributed by atoms with Crippen molar-refractivity contribution in [2.24, 2.45) is 0 Å². The maximum atomic E-state index is 13.5. The lowest BCUT2D eigenvalue weighted by Crippen LogP contribution is -2.39. The highest BCUT2D eigenvalue weighted by Gasteiger charge is 2.41. The number of hydrogen-bond acceptors (Lipinski definition) is 6. The largest absolute Gasteiger partial charge is 0.422 e. The third-order valence-corrected chi connectivity index (χ3v) is 13.2. The number of morpholine rings is 2. The van der Waals surface area contributed by atoms with Gasteiger partial charge in [0, 0.05) is 53.6 Å². The number of benzene rings is 3.